The number of nitrogens with zero attached hydrogens (tertiary/aromatic N) is 4. The summed E-state index contributed by atoms with van der Waals surface area (Å²) in [5, 5.41) is 6.22. The van der Waals surface area contributed by atoms with Gasteiger partial charge in [-0.2, -0.15) is 0 Å². The molecule has 0 aliphatic carbocycles. The number of aromatic nitrogens is 2. The van der Waals surface area contributed by atoms with Crippen molar-refractivity contribution >= 4 is 17.5 Å². The Labute approximate surface area is 198 Å². The Balaban J connectivity index is 1.25. The van der Waals surface area contributed by atoms with Crippen molar-refractivity contribution in [3.05, 3.63) is 47.8 Å². The molecule has 1 aromatic carbocycles. The quantitative estimate of drug-likeness (QED) is 0.669. The third-order valence-corrected chi connectivity index (χ3v) is 7.13. The van der Waals surface area contributed by atoms with Crippen LogP contribution in [0.3, 0.4) is 0 Å². The molecule has 4 rings (SSSR count). The average Bonchev–Trinajstić information content (AvgIpc) is 2.84. The lowest BCUT2D eigenvalue weighted by Gasteiger charge is -2.36. The van der Waals surface area contributed by atoms with Gasteiger partial charge in [-0.15, -0.1) is 0 Å². The number of hydrogen-bond donors (Lipinski definition) is 2. The van der Waals surface area contributed by atoms with Gasteiger partial charge in [0.15, 0.2) is 0 Å². The van der Waals surface area contributed by atoms with Gasteiger partial charge in [-0.05, 0) is 67.8 Å². The summed E-state index contributed by atoms with van der Waals surface area (Å²) in [4.78, 5) is 26.2. The van der Waals surface area contributed by atoms with E-state index in [1.54, 1.807) is 6.33 Å². The predicted molar refractivity (Wildman–Crippen MR) is 134 cm³/mol. The number of piperidine rings is 2. The minimum Gasteiger partial charge on any atom is -0.373 e. The van der Waals surface area contributed by atoms with Crippen LogP contribution >= 0.6 is 0 Å². The van der Waals surface area contributed by atoms with Crippen LogP contribution in [0, 0.1) is 11.3 Å². The van der Waals surface area contributed by atoms with Gasteiger partial charge in [-0.3, -0.25) is 9.69 Å². The molecule has 3 heterocycles. The van der Waals surface area contributed by atoms with Crippen molar-refractivity contribution in [3.63, 3.8) is 0 Å². The molecule has 1 atom stereocenters. The van der Waals surface area contributed by atoms with Crippen molar-refractivity contribution in [3.8, 4) is 0 Å². The largest absolute Gasteiger partial charge is 0.373 e. The van der Waals surface area contributed by atoms with Crippen molar-refractivity contribution in [1.82, 2.24) is 20.2 Å². The van der Waals surface area contributed by atoms with Gasteiger partial charge in [0.25, 0.3) is 5.91 Å². The zero-order valence-electron chi connectivity index (χ0n) is 20.3. The number of hydrogen-bond acceptors (Lipinski definition) is 6. The fraction of sp³-hybridized carbons (Fsp3) is 0.577. The maximum Gasteiger partial charge on any atom is 0.251 e. The van der Waals surface area contributed by atoms with Crippen molar-refractivity contribution in [2.75, 3.05) is 50.0 Å². The Kier molecular flexibility index (Phi) is 7.48. The Morgan fingerprint density at radius 2 is 1.88 bits per heavy atom. The molecular weight excluding hydrogens is 412 g/mol. The van der Waals surface area contributed by atoms with Gasteiger partial charge in [0.2, 0.25) is 0 Å². The van der Waals surface area contributed by atoms with Gasteiger partial charge in [-0.1, -0.05) is 26.0 Å². The SMILES string of the molecule is CNc1cc(N2CCCC(CNC(=O)c3ccc(CN4CCC(C)(C)CC4)cc3)C2)ncn1. The van der Waals surface area contributed by atoms with Gasteiger partial charge in [0.05, 0.1) is 0 Å². The maximum atomic E-state index is 12.7. The molecule has 33 heavy (non-hydrogen) atoms. The van der Waals surface area contributed by atoms with Crippen molar-refractivity contribution in [2.45, 2.75) is 46.1 Å². The second kappa shape index (κ2) is 10.5. The summed E-state index contributed by atoms with van der Waals surface area (Å²) in [7, 11) is 1.86. The fourth-order valence-electron chi connectivity index (χ4n) is 4.77. The molecule has 1 unspecified atom stereocenters. The lowest BCUT2D eigenvalue weighted by molar-refractivity contribution is 0.0945. The van der Waals surface area contributed by atoms with Gasteiger partial charge >= 0.3 is 0 Å². The number of benzene rings is 1. The molecule has 2 fully saturated rings. The van der Waals surface area contributed by atoms with E-state index in [-0.39, 0.29) is 5.91 Å². The van der Waals surface area contributed by atoms with E-state index in [0.717, 1.165) is 62.8 Å². The van der Waals surface area contributed by atoms with Gasteiger partial charge in [0, 0.05) is 44.9 Å². The van der Waals surface area contributed by atoms with E-state index in [9.17, 15) is 4.79 Å². The highest BCUT2D eigenvalue weighted by Gasteiger charge is 2.25. The summed E-state index contributed by atoms with van der Waals surface area (Å²) in [5.74, 6) is 2.19. The van der Waals surface area contributed by atoms with Crippen molar-refractivity contribution in [2.24, 2.45) is 11.3 Å². The van der Waals surface area contributed by atoms with Crippen LogP contribution in [-0.2, 0) is 6.54 Å². The number of amides is 1. The second-order valence-electron chi connectivity index (χ2n) is 10.3. The van der Waals surface area contributed by atoms with E-state index in [2.05, 4.69) is 56.4 Å². The summed E-state index contributed by atoms with van der Waals surface area (Å²) >= 11 is 0. The number of likely N-dealkylation sites (tertiary alicyclic amines) is 1. The molecule has 7 nitrogen and oxygen atoms in total. The smallest absolute Gasteiger partial charge is 0.251 e. The van der Waals surface area contributed by atoms with Crippen LogP contribution in [0.4, 0.5) is 11.6 Å². The van der Waals surface area contributed by atoms with Crippen LogP contribution in [-0.4, -0.2) is 60.5 Å². The molecule has 0 bridgehead atoms. The summed E-state index contributed by atoms with van der Waals surface area (Å²) in [6.07, 6.45) is 6.32. The summed E-state index contributed by atoms with van der Waals surface area (Å²) < 4.78 is 0. The van der Waals surface area contributed by atoms with Crippen molar-refractivity contribution < 1.29 is 4.79 Å². The minimum absolute atomic E-state index is 0.0119. The summed E-state index contributed by atoms with van der Waals surface area (Å²) in [6.45, 7) is 10.6. The topological polar surface area (TPSA) is 73.4 Å². The van der Waals surface area contributed by atoms with Crippen LogP contribution in [0.15, 0.2) is 36.7 Å². The molecule has 2 aliphatic rings. The van der Waals surface area contributed by atoms with Crippen molar-refractivity contribution in [1.29, 1.82) is 0 Å². The number of carbonyl (C=O) groups excluding carboxylic acids is 1. The Morgan fingerprint density at radius 1 is 1.12 bits per heavy atom. The molecule has 1 aromatic heterocycles. The van der Waals surface area contributed by atoms with E-state index < -0.39 is 0 Å². The lowest BCUT2D eigenvalue weighted by atomic mass is 9.82. The number of nitrogens with one attached hydrogen (secondary N) is 2. The van der Waals surface area contributed by atoms with Gasteiger partial charge in [0.1, 0.15) is 18.0 Å². The number of rotatable bonds is 7. The van der Waals surface area contributed by atoms with Crippen LogP contribution in [0.2, 0.25) is 0 Å². The normalized spacial score (nSPS) is 20.9. The highest BCUT2D eigenvalue weighted by Crippen LogP contribution is 2.30. The fourth-order valence-corrected chi connectivity index (χ4v) is 4.77. The van der Waals surface area contributed by atoms with E-state index in [0.29, 0.717) is 17.9 Å². The van der Waals surface area contributed by atoms with E-state index in [4.69, 9.17) is 0 Å². The maximum absolute atomic E-state index is 12.7. The summed E-state index contributed by atoms with van der Waals surface area (Å²) in [5.41, 5.74) is 2.48. The molecule has 0 spiro atoms. The van der Waals surface area contributed by atoms with E-state index in [1.807, 2.05) is 25.2 Å². The molecule has 0 radical (unpaired) electrons. The number of carbonyl (C=O) groups is 1. The first-order valence-corrected chi connectivity index (χ1v) is 12.3. The molecule has 7 heteroatoms. The Bertz CT molecular complexity index is 919. The number of anilines is 2. The van der Waals surface area contributed by atoms with Crippen LogP contribution in [0.5, 0.6) is 0 Å². The lowest BCUT2D eigenvalue weighted by Crippen LogP contribution is -2.41. The highest BCUT2D eigenvalue weighted by molar-refractivity contribution is 5.94. The van der Waals surface area contributed by atoms with Crippen LogP contribution in [0.25, 0.3) is 0 Å². The third-order valence-electron chi connectivity index (χ3n) is 7.13. The molecule has 1 amide bonds. The first-order chi connectivity index (χ1) is 15.9. The molecule has 2 aliphatic heterocycles. The highest BCUT2D eigenvalue weighted by atomic mass is 16.1. The molecule has 178 valence electrons. The minimum atomic E-state index is 0.0119. The monoisotopic (exact) mass is 450 g/mol. The summed E-state index contributed by atoms with van der Waals surface area (Å²) in [6, 6.07) is 10.1. The molecular formula is C26H38N6O. The molecule has 2 saturated heterocycles. The predicted octanol–water partition coefficient (Wildman–Crippen LogP) is 3.79. The third kappa shape index (κ3) is 6.44. The molecule has 2 N–H and O–H groups in total. The first kappa shape index (κ1) is 23.5. The Hall–Kier alpha value is -2.67. The second-order valence-corrected chi connectivity index (χ2v) is 10.3. The molecule has 0 saturated carbocycles. The first-order valence-electron chi connectivity index (χ1n) is 12.3. The van der Waals surface area contributed by atoms with Gasteiger partial charge < -0.3 is 15.5 Å². The standard InChI is InChI=1S/C26H38N6O/c1-26(2)10-13-31(14-11-26)17-20-6-8-22(9-7-20)25(33)28-16-21-5-4-12-32(18-21)24-15-23(27-3)29-19-30-24/h6-9,15,19,21H,4-5,10-14,16-18H2,1-3H3,(H,28,33)(H,27,29,30). The van der Waals surface area contributed by atoms with Crippen LogP contribution < -0.4 is 15.5 Å². The average molecular weight is 451 g/mol. The van der Waals surface area contributed by atoms with Gasteiger partial charge in [-0.25, -0.2) is 9.97 Å². The Morgan fingerprint density at radius 3 is 2.61 bits per heavy atom. The molecule has 2 aromatic rings. The van der Waals surface area contributed by atoms with Crippen LogP contribution in [0.1, 0.15) is 55.5 Å². The zero-order valence-corrected chi connectivity index (χ0v) is 20.3. The van der Waals surface area contributed by atoms with E-state index in [1.165, 1.54) is 18.4 Å². The van der Waals surface area contributed by atoms with E-state index >= 15 is 0 Å². The zero-order chi connectivity index (χ0) is 23.3.